The molecular weight excluding hydrogens is 514 g/mol. The molecule has 6 nitrogen and oxygen atoms in total. The van der Waals surface area contributed by atoms with E-state index < -0.39 is 11.5 Å². The lowest BCUT2D eigenvalue weighted by atomic mass is 9.40. The fourth-order valence-electron chi connectivity index (χ4n) is 10.4. The van der Waals surface area contributed by atoms with E-state index in [2.05, 4.69) is 24.6 Å². The van der Waals surface area contributed by atoms with Gasteiger partial charge in [-0.1, -0.05) is 56.7 Å². The van der Waals surface area contributed by atoms with Crippen LogP contribution in [0.3, 0.4) is 0 Å². The Kier molecular flexibility index (Phi) is 6.42. The maximum Gasteiger partial charge on any atom is 0.338 e. The molecule has 4 bridgehead atoms. The molecule has 0 unspecified atom stereocenters. The topological polar surface area (TPSA) is 75.8 Å². The summed E-state index contributed by atoms with van der Waals surface area (Å²) in [5.41, 5.74) is 0.762. The van der Waals surface area contributed by atoms with Crippen LogP contribution in [0.4, 0.5) is 0 Å². The van der Waals surface area contributed by atoms with Gasteiger partial charge in [-0.05, 0) is 80.0 Å². The van der Waals surface area contributed by atoms with Crippen LogP contribution in [-0.4, -0.2) is 59.7 Å². The zero-order valence-corrected chi connectivity index (χ0v) is 24.2. The molecule has 6 heteroatoms. The zero-order chi connectivity index (χ0) is 28.4. The molecule has 4 aliphatic carbocycles. The molecule has 1 spiro atoms. The lowest BCUT2D eigenvalue weighted by molar-refractivity contribution is -0.559. The molecule has 216 valence electrons. The van der Waals surface area contributed by atoms with Crippen LogP contribution in [0.15, 0.2) is 60.7 Å². The maximum atomic E-state index is 13.4. The monoisotopic (exact) mass is 556 g/mol. The number of esters is 2. The number of carbonyl (C=O) groups excluding carboxylic acids is 2. The summed E-state index contributed by atoms with van der Waals surface area (Å²) in [6.07, 6.45) is 7.97. The third kappa shape index (κ3) is 4.04. The Morgan fingerprint density at radius 1 is 0.951 bits per heavy atom. The third-order valence-corrected chi connectivity index (χ3v) is 12.0. The lowest BCUT2D eigenvalue weighted by Crippen LogP contribution is -2.69. The molecule has 41 heavy (non-hydrogen) atoms. The number of nitrogens with zero attached hydrogens (tertiary/aromatic N) is 1. The van der Waals surface area contributed by atoms with E-state index >= 15 is 0 Å². The fraction of sp³-hybridized carbons (Fsp3) is 0.571. The van der Waals surface area contributed by atoms with Crippen molar-refractivity contribution in [2.24, 2.45) is 39.9 Å². The van der Waals surface area contributed by atoms with Gasteiger partial charge in [0.1, 0.15) is 25.5 Å². The van der Waals surface area contributed by atoms with Gasteiger partial charge < -0.3 is 14.6 Å². The van der Waals surface area contributed by atoms with Gasteiger partial charge in [0.25, 0.3) is 0 Å². The predicted molar refractivity (Wildman–Crippen MR) is 155 cm³/mol. The number of ether oxygens (including phenoxy) is 2. The highest BCUT2D eigenvalue weighted by atomic mass is 16.5. The Labute approximate surface area is 242 Å². The number of hydrogen-bond donors (Lipinski definition) is 1. The van der Waals surface area contributed by atoms with Crippen molar-refractivity contribution in [1.29, 1.82) is 0 Å². The van der Waals surface area contributed by atoms with Crippen molar-refractivity contribution < 1.29 is 28.7 Å². The van der Waals surface area contributed by atoms with Gasteiger partial charge in [0.2, 0.25) is 0 Å². The van der Waals surface area contributed by atoms with Crippen LogP contribution in [0.2, 0.25) is 0 Å². The molecule has 4 fully saturated rings. The molecule has 1 heterocycles. The normalized spacial score (nSPS) is 40.2. The first-order chi connectivity index (χ1) is 19.8. The Hall–Kier alpha value is -2.99. The number of rotatable bonds is 6. The molecule has 7 rings (SSSR count). The summed E-state index contributed by atoms with van der Waals surface area (Å²) >= 11 is 0. The van der Waals surface area contributed by atoms with E-state index in [4.69, 9.17) is 9.47 Å². The zero-order valence-electron chi connectivity index (χ0n) is 24.2. The van der Waals surface area contributed by atoms with Gasteiger partial charge in [-0.2, -0.15) is 0 Å². The molecule has 9 atom stereocenters. The second-order valence-electron chi connectivity index (χ2n) is 13.9. The minimum absolute atomic E-state index is 0.0415. The number of benzene rings is 2. The summed E-state index contributed by atoms with van der Waals surface area (Å²) in [5.74, 6) is 0.765. The van der Waals surface area contributed by atoms with Crippen LogP contribution in [0, 0.1) is 39.9 Å². The molecule has 4 saturated carbocycles. The third-order valence-electron chi connectivity index (χ3n) is 12.0. The summed E-state index contributed by atoms with van der Waals surface area (Å²) < 4.78 is 14.6. The molecule has 2 aromatic carbocycles. The van der Waals surface area contributed by atoms with E-state index in [1.54, 1.807) is 12.1 Å². The van der Waals surface area contributed by atoms with E-state index in [1.165, 1.54) is 6.42 Å². The first-order valence-electron chi connectivity index (χ1n) is 15.5. The number of aliphatic hydroxyl groups excluding tert-OH is 1. The highest BCUT2D eigenvalue weighted by Crippen LogP contribution is 2.75. The fourth-order valence-corrected chi connectivity index (χ4v) is 10.4. The molecular formula is C35H42NO5+. The summed E-state index contributed by atoms with van der Waals surface area (Å²) in [7, 11) is 0. The Morgan fingerprint density at radius 3 is 2.32 bits per heavy atom. The Bertz CT molecular complexity index is 1360. The maximum absolute atomic E-state index is 13.4. The van der Waals surface area contributed by atoms with E-state index in [9.17, 15) is 14.7 Å². The lowest BCUT2D eigenvalue weighted by Gasteiger charge is -2.64. The smallest absolute Gasteiger partial charge is 0.338 e. The minimum atomic E-state index is -0.473. The standard InChI is InChI=1S/C35H42NO5/c1-23-26-18-28-34-15-9-14-33(2,21-36(22-34)16-17-40-31(38)24-10-5-3-6-11-24)27(34)19-29(35(28,20-26)30(23)37)41-32(39)25-12-7-4-8-13-25/h3-8,10-13,22-23,26-30,37H,9,14-21H2,1-2H3/q+1/t23-,26-,27-,28-,29+,30+,33+,34+,35-/m1/s1. The highest BCUT2D eigenvalue weighted by Gasteiger charge is 2.76. The Morgan fingerprint density at radius 2 is 1.63 bits per heavy atom. The summed E-state index contributed by atoms with van der Waals surface area (Å²) in [6.45, 7) is 6.52. The van der Waals surface area contributed by atoms with Crippen LogP contribution >= 0.6 is 0 Å². The summed E-state index contributed by atoms with van der Waals surface area (Å²) in [5, 5.41) is 11.9. The molecule has 0 radical (unpaired) electrons. The number of carbonyl (C=O) groups is 2. The number of aliphatic hydroxyl groups is 1. The van der Waals surface area contributed by atoms with E-state index in [0.717, 1.165) is 38.6 Å². The van der Waals surface area contributed by atoms with Crippen molar-refractivity contribution in [3.8, 4) is 0 Å². The van der Waals surface area contributed by atoms with Crippen LogP contribution in [0.1, 0.15) is 73.1 Å². The van der Waals surface area contributed by atoms with Crippen LogP contribution in [-0.2, 0) is 9.47 Å². The molecule has 2 aromatic rings. The van der Waals surface area contributed by atoms with Gasteiger partial charge in [0, 0.05) is 10.8 Å². The van der Waals surface area contributed by atoms with Gasteiger partial charge in [0.15, 0.2) is 6.54 Å². The van der Waals surface area contributed by atoms with E-state index in [0.29, 0.717) is 36.1 Å². The van der Waals surface area contributed by atoms with Crippen molar-refractivity contribution in [2.45, 2.75) is 64.6 Å². The molecule has 5 aliphatic rings. The van der Waals surface area contributed by atoms with Crippen LogP contribution < -0.4 is 0 Å². The van der Waals surface area contributed by atoms with Gasteiger partial charge >= 0.3 is 11.9 Å². The van der Waals surface area contributed by atoms with Crippen molar-refractivity contribution in [2.75, 3.05) is 19.7 Å². The summed E-state index contributed by atoms with van der Waals surface area (Å²) in [4.78, 5) is 26.0. The van der Waals surface area contributed by atoms with E-state index in [1.807, 2.05) is 48.5 Å². The number of hydrogen-bond acceptors (Lipinski definition) is 5. The average Bonchev–Trinajstić information content (AvgIpc) is 3.50. The van der Waals surface area contributed by atoms with Gasteiger partial charge in [0.05, 0.1) is 22.6 Å². The largest absolute Gasteiger partial charge is 0.458 e. The average molecular weight is 557 g/mol. The van der Waals surface area contributed by atoms with Crippen LogP contribution in [0.25, 0.3) is 0 Å². The SMILES string of the molecule is C[C@@H]1[C@@H]2C[C@@H]3[C@]45C=[N+](CCOC(=O)c6ccccc6)C[C@](C)(CCC4)[C@H]5C[C@H](OC(=O)c4ccccc4)[C@]3(C2)[C@H]1O. The van der Waals surface area contributed by atoms with E-state index in [-0.39, 0.29) is 40.7 Å². The molecule has 0 amide bonds. The first kappa shape index (κ1) is 26.9. The van der Waals surface area contributed by atoms with Crippen molar-refractivity contribution in [3.05, 3.63) is 71.8 Å². The highest BCUT2D eigenvalue weighted by molar-refractivity contribution is 5.90. The second-order valence-corrected chi connectivity index (χ2v) is 13.9. The van der Waals surface area contributed by atoms with Crippen molar-refractivity contribution in [3.63, 3.8) is 0 Å². The summed E-state index contributed by atoms with van der Waals surface area (Å²) in [6, 6.07) is 18.5. The quantitative estimate of drug-likeness (QED) is 0.382. The van der Waals surface area contributed by atoms with Crippen molar-refractivity contribution >= 4 is 18.2 Å². The minimum Gasteiger partial charge on any atom is -0.458 e. The van der Waals surface area contributed by atoms with Gasteiger partial charge in [-0.15, -0.1) is 0 Å². The molecule has 1 N–H and O–H groups in total. The molecule has 0 saturated heterocycles. The Balaban J connectivity index is 1.20. The van der Waals surface area contributed by atoms with Crippen LogP contribution in [0.5, 0.6) is 0 Å². The predicted octanol–water partition coefficient (Wildman–Crippen LogP) is 5.39. The van der Waals surface area contributed by atoms with Gasteiger partial charge in [-0.25, -0.2) is 14.2 Å². The molecule has 1 aliphatic heterocycles. The number of fused-ring (bicyclic) bond motifs is 1. The van der Waals surface area contributed by atoms with Crippen molar-refractivity contribution in [1.82, 2.24) is 0 Å². The van der Waals surface area contributed by atoms with Gasteiger partial charge in [-0.3, -0.25) is 0 Å². The second kappa shape index (κ2) is 9.79. The first-order valence-corrected chi connectivity index (χ1v) is 15.5. The molecule has 0 aromatic heterocycles.